The van der Waals surface area contributed by atoms with Gasteiger partial charge in [-0.3, -0.25) is 14.8 Å². The third kappa shape index (κ3) is 2.76. The molecule has 0 aliphatic carbocycles. The molecule has 2 aromatic rings. The molecule has 17 heavy (non-hydrogen) atoms. The molecule has 1 aromatic heterocycles. The van der Waals surface area contributed by atoms with Gasteiger partial charge in [-0.05, 0) is 23.8 Å². The molecular formula is C11H10ClN3O2. The van der Waals surface area contributed by atoms with Crippen LogP contribution in [0, 0.1) is 10.1 Å². The Bertz CT molecular complexity index is 526. The molecule has 1 aromatic carbocycles. The van der Waals surface area contributed by atoms with Crippen LogP contribution >= 0.6 is 11.6 Å². The van der Waals surface area contributed by atoms with Gasteiger partial charge < -0.3 is 5.43 Å². The second-order valence-electron chi connectivity index (χ2n) is 3.46. The van der Waals surface area contributed by atoms with Crippen molar-refractivity contribution in [2.24, 2.45) is 0 Å². The van der Waals surface area contributed by atoms with Gasteiger partial charge in [-0.15, -0.1) is 0 Å². The molecule has 0 atom stereocenters. The average molecular weight is 252 g/mol. The summed E-state index contributed by atoms with van der Waals surface area (Å²) in [5.41, 5.74) is 3.79. The van der Waals surface area contributed by atoms with Crippen LogP contribution in [0.1, 0.15) is 5.56 Å². The number of nitro groups is 1. The molecule has 0 saturated heterocycles. The van der Waals surface area contributed by atoms with Gasteiger partial charge in [0.1, 0.15) is 0 Å². The first-order chi connectivity index (χ1) is 8.16. The number of nitrogens with one attached hydrogen (secondary N) is 1. The SMILES string of the molecule is O=[N+]([O-])c1ccc(Cl)c(CNn2cccc2)c1. The van der Waals surface area contributed by atoms with Crippen molar-refractivity contribution in [1.29, 1.82) is 0 Å². The molecule has 6 heteroatoms. The lowest BCUT2D eigenvalue weighted by molar-refractivity contribution is -0.384. The fourth-order valence-electron chi connectivity index (χ4n) is 1.43. The van der Waals surface area contributed by atoms with E-state index < -0.39 is 4.92 Å². The van der Waals surface area contributed by atoms with Gasteiger partial charge in [0.15, 0.2) is 0 Å². The molecule has 0 bridgehead atoms. The largest absolute Gasteiger partial charge is 0.322 e. The van der Waals surface area contributed by atoms with E-state index in [9.17, 15) is 10.1 Å². The smallest absolute Gasteiger partial charge is 0.269 e. The van der Waals surface area contributed by atoms with Crippen molar-refractivity contribution in [1.82, 2.24) is 4.68 Å². The monoisotopic (exact) mass is 251 g/mol. The summed E-state index contributed by atoms with van der Waals surface area (Å²) in [7, 11) is 0. The summed E-state index contributed by atoms with van der Waals surface area (Å²) in [6.07, 6.45) is 3.68. The molecule has 1 N–H and O–H groups in total. The zero-order valence-electron chi connectivity index (χ0n) is 8.84. The summed E-state index contributed by atoms with van der Waals surface area (Å²) >= 11 is 5.97. The maximum Gasteiger partial charge on any atom is 0.269 e. The minimum Gasteiger partial charge on any atom is -0.322 e. The zero-order valence-corrected chi connectivity index (χ0v) is 9.59. The van der Waals surface area contributed by atoms with E-state index in [2.05, 4.69) is 5.43 Å². The number of aromatic nitrogens is 1. The Hall–Kier alpha value is -2.01. The van der Waals surface area contributed by atoms with Gasteiger partial charge in [0.2, 0.25) is 0 Å². The van der Waals surface area contributed by atoms with Gasteiger partial charge in [-0.1, -0.05) is 11.6 Å². The van der Waals surface area contributed by atoms with Crippen molar-refractivity contribution in [3.05, 3.63) is 63.4 Å². The number of halogens is 1. The summed E-state index contributed by atoms with van der Waals surface area (Å²) in [5, 5.41) is 11.1. The highest BCUT2D eigenvalue weighted by atomic mass is 35.5. The minimum atomic E-state index is -0.435. The van der Waals surface area contributed by atoms with Crippen molar-refractivity contribution < 1.29 is 4.92 Å². The maximum atomic E-state index is 10.6. The summed E-state index contributed by atoms with van der Waals surface area (Å²) in [6.45, 7) is 0.426. The average Bonchev–Trinajstić information content (AvgIpc) is 2.80. The maximum absolute atomic E-state index is 10.6. The molecule has 1 heterocycles. The van der Waals surface area contributed by atoms with Crippen molar-refractivity contribution >= 4 is 17.3 Å². The predicted octanol–water partition coefficient (Wildman–Crippen LogP) is 2.79. The van der Waals surface area contributed by atoms with Gasteiger partial charge in [-0.2, -0.15) is 0 Å². The van der Waals surface area contributed by atoms with Crippen LogP contribution in [-0.4, -0.2) is 9.60 Å². The molecule has 88 valence electrons. The molecule has 0 unspecified atom stereocenters. The van der Waals surface area contributed by atoms with E-state index in [1.807, 2.05) is 24.5 Å². The highest BCUT2D eigenvalue weighted by Gasteiger charge is 2.09. The standard InChI is InChI=1S/C11H10ClN3O2/c12-11-4-3-10(15(16)17)7-9(11)8-13-14-5-1-2-6-14/h1-7,13H,8H2. The first-order valence-electron chi connectivity index (χ1n) is 4.96. The highest BCUT2D eigenvalue weighted by Crippen LogP contribution is 2.21. The van der Waals surface area contributed by atoms with Gasteiger partial charge in [0, 0.05) is 29.5 Å². The van der Waals surface area contributed by atoms with Gasteiger partial charge in [0.25, 0.3) is 5.69 Å². The van der Waals surface area contributed by atoms with Gasteiger partial charge in [-0.25, -0.2) is 0 Å². The number of nitrogens with zero attached hydrogens (tertiary/aromatic N) is 2. The number of non-ortho nitro benzene ring substituents is 1. The second kappa shape index (κ2) is 4.88. The lowest BCUT2D eigenvalue weighted by Crippen LogP contribution is -2.12. The van der Waals surface area contributed by atoms with E-state index in [0.717, 1.165) is 0 Å². The van der Waals surface area contributed by atoms with E-state index >= 15 is 0 Å². The number of nitro benzene ring substituents is 1. The molecule has 0 aliphatic rings. The van der Waals surface area contributed by atoms with Crippen LogP contribution in [0.15, 0.2) is 42.7 Å². The Morgan fingerprint density at radius 1 is 1.35 bits per heavy atom. The molecule has 5 nitrogen and oxygen atoms in total. The lowest BCUT2D eigenvalue weighted by atomic mass is 10.2. The summed E-state index contributed by atoms with van der Waals surface area (Å²) < 4.78 is 1.76. The van der Waals surface area contributed by atoms with E-state index in [1.165, 1.54) is 18.2 Å². The van der Waals surface area contributed by atoms with Crippen LogP contribution in [0.25, 0.3) is 0 Å². The first-order valence-corrected chi connectivity index (χ1v) is 5.34. The molecule has 0 fully saturated rings. The topological polar surface area (TPSA) is 60.1 Å². The quantitative estimate of drug-likeness (QED) is 0.671. The van der Waals surface area contributed by atoms with Crippen LogP contribution < -0.4 is 5.43 Å². The Kier molecular flexibility index (Phi) is 3.30. The van der Waals surface area contributed by atoms with Crippen molar-refractivity contribution in [2.45, 2.75) is 6.54 Å². The molecule has 2 rings (SSSR count). The van der Waals surface area contributed by atoms with Gasteiger partial charge >= 0.3 is 0 Å². The second-order valence-corrected chi connectivity index (χ2v) is 3.87. The van der Waals surface area contributed by atoms with Crippen molar-refractivity contribution in [3.8, 4) is 0 Å². The molecule has 0 aliphatic heterocycles. The summed E-state index contributed by atoms with van der Waals surface area (Å²) in [4.78, 5) is 10.2. The highest BCUT2D eigenvalue weighted by molar-refractivity contribution is 6.31. The molecule has 0 radical (unpaired) electrons. The Labute approximate surface area is 103 Å². The van der Waals surface area contributed by atoms with E-state index in [1.54, 1.807) is 4.68 Å². The fourth-order valence-corrected chi connectivity index (χ4v) is 1.61. The van der Waals surface area contributed by atoms with Crippen LogP contribution in [0.3, 0.4) is 0 Å². The molecule has 0 spiro atoms. The summed E-state index contributed by atoms with van der Waals surface area (Å²) in [6, 6.07) is 8.15. The van der Waals surface area contributed by atoms with E-state index in [-0.39, 0.29) is 5.69 Å². The van der Waals surface area contributed by atoms with Crippen LogP contribution in [0.2, 0.25) is 5.02 Å². The number of hydrogen-bond acceptors (Lipinski definition) is 3. The lowest BCUT2D eigenvalue weighted by Gasteiger charge is -2.08. The number of rotatable bonds is 4. The third-order valence-electron chi connectivity index (χ3n) is 2.30. The normalized spacial score (nSPS) is 10.2. The predicted molar refractivity (Wildman–Crippen MR) is 65.6 cm³/mol. The Morgan fingerprint density at radius 3 is 2.71 bits per heavy atom. The van der Waals surface area contributed by atoms with Crippen LogP contribution in [0.5, 0.6) is 0 Å². The third-order valence-corrected chi connectivity index (χ3v) is 2.67. The molecular weight excluding hydrogens is 242 g/mol. The van der Waals surface area contributed by atoms with Crippen LogP contribution in [0.4, 0.5) is 5.69 Å². The van der Waals surface area contributed by atoms with E-state index in [0.29, 0.717) is 17.1 Å². The van der Waals surface area contributed by atoms with Crippen LogP contribution in [-0.2, 0) is 6.54 Å². The van der Waals surface area contributed by atoms with E-state index in [4.69, 9.17) is 11.6 Å². The van der Waals surface area contributed by atoms with Crippen molar-refractivity contribution in [3.63, 3.8) is 0 Å². The van der Waals surface area contributed by atoms with Gasteiger partial charge in [0.05, 0.1) is 11.5 Å². The zero-order chi connectivity index (χ0) is 12.3. The first kappa shape index (κ1) is 11.5. The fraction of sp³-hybridized carbons (Fsp3) is 0.0909. The Morgan fingerprint density at radius 2 is 2.06 bits per heavy atom. The van der Waals surface area contributed by atoms with Crippen molar-refractivity contribution in [2.75, 3.05) is 5.43 Å². The summed E-state index contributed by atoms with van der Waals surface area (Å²) in [5.74, 6) is 0. The molecule has 0 saturated carbocycles. The minimum absolute atomic E-state index is 0.0405. The number of hydrogen-bond donors (Lipinski definition) is 1. The number of benzene rings is 1. The Balaban J connectivity index is 2.14. The molecule has 0 amide bonds.